The molecule has 0 radical (unpaired) electrons. The third-order valence-electron chi connectivity index (χ3n) is 3.96. The summed E-state index contributed by atoms with van der Waals surface area (Å²) in [5, 5.41) is 4.60. The molecule has 2 aromatic carbocycles. The van der Waals surface area contributed by atoms with Gasteiger partial charge in [0, 0.05) is 12.3 Å². The van der Waals surface area contributed by atoms with Crippen molar-refractivity contribution >= 4 is 46.3 Å². The van der Waals surface area contributed by atoms with Crippen molar-refractivity contribution in [1.29, 1.82) is 0 Å². The molecule has 0 atom stereocenters. The minimum atomic E-state index is -0.0554. The van der Waals surface area contributed by atoms with E-state index in [1.807, 2.05) is 54.6 Å². The van der Waals surface area contributed by atoms with Crippen LogP contribution in [0.5, 0.6) is 0 Å². The van der Waals surface area contributed by atoms with Crippen LogP contribution in [0.25, 0.3) is 16.7 Å². The summed E-state index contributed by atoms with van der Waals surface area (Å²) >= 11 is 8.62. The van der Waals surface area contributed by atoms with Gasteiger partial charge in [-0.2, -0.15) is 0 Å². The Morgan fingerprint density at radius 2 is 1.88 bits per heavy atom. The fourth-order valence-corrected chi connectivity index (χ4v) is 5.12. The molecule has 0 aliphatic rings. The number of thioether (sulfide) groups is 1. The summed E-state index contributed by atoms with van der Waals surface area (Å²) in [7, 11) is 0. The van der Waals surface area contributed by atoms with Crippen molar-refractivity contribution in [3.05, 3.63) is 69.0 Å². The second-order valence-corrected chi connectivity index (χ2v) is 8.65. The molecule has 4 rings (SSSR count). The monoisotopic (exact) mass is 400 g/mol. The van der Waals surface area contributed by atoms with Gasteiger partial charge in [0.2, 0.25) is 0 Å². The van der Waals surface area contributed by atoms with Crippen LogP contribution in [0.4, 0.5) is 0 Å². The molecule has 2 aromatic heterocycles. The summed E-state index contributed by atoms with van der Waals surface area (Å²) < 4.78 is 5.28. The lowest BCUT2D eigenvalue weighted by molar-refractivity contribution is 0.679. The third-order valence-corrected chi connectivity index (χ3v) is 6.41. The first kappa shape index (κ1) is 17.3. The molecule has 1 N–H and O–H groups in total. The van der Waals surface area contributed by atoms with Crippen LogP contribution >= 0.6 is 35.3 Å². The Bertz CT molecular complexity index is 1140. The minimum Gasteiger partial charge on any atom is -0.306 e. The number of nitrogens with one attached hydrogen (secondary N) is 1. The van der Waals surface area contributed by atoms with E-state index in [9.17, 15) is 4.79 Å². The standard InChI is InChI=1S/C18H16N4OS3/c23-16-19-14-9-4-5-10-15(14)21(16)11-6-12-25-17-20-22(18(24)26-17)13-7-2-1-3-8-13/h1-5,7-10H,6,11-12H2,(H,19,23). The van der Waals surface area contributed by atoms with E-state index in [-0.39, 0.29) is 5.69 Å². The van der Waals surface area contributed by atoms with Crippen LogP contribution in [-0.4, -0.2) is 25.1 Å². The molecule has 8 heteroatoms. The van der Waals surface area contributed by atoms with E-state index in [0.717, 1.165) is 37.2 Å². The van der Waals surface area contributed by atoms with Crippen molar-refractivity contribution in [3.8, 4) is 5.69 Å². The van der Waals surface area contributed by atoms with Gasteiger partial charge in [-0.25, -0.2) is 9.48 Å². The van der Waals surface area contributed by atoms with E-state index in [4.69, 9.17) is 12.2 Å². The van der Waals surface area contributed by atoms with Crippen LogP contribution < -0.4 is 5.69 Å². The molecule has 5 nitrogen and oxygen atoms in total. The van der Waals surface area contributed by atoms with Crippen LogP contribution in [0.3, 0.4) is 0 Å². The van der Waals surface area contributed by atoms with Gasteiger partial charge >= 0.3 is 5.69 Å². The molecule has 0 saturated carbocycles. The van der Waals surface area contributed by atoms with Crippen molar-refractivity contribution in [1.82, 2.24) is 19.3 Å². The summed E-state index contributed by atoms with van der Waals surface area (Å²) in [4.78, 5) is 15.0. The Morgan fingerprint density at radius 3 is 2.73 bits per heavy atom. The Morgan fingerprint density at radius 1 is 1.12 bits per heavy atom. The van der Waals surface area contributed by atoms with E-state index in [2.05, 4.69) is 10.1 Å². The Hall–Kier alpha value is -2.16. The number of aryl methyl sites for hydroxylation is 1. The summed E-state index contributed by atoms with van der Waals surface area (Å²) in [6, 6.07) is 17.7. The Labute approximate surface area is 163 Å². The molecule has 0 fully saturated rings. The molecular formula is C18H16N4OS3. The number of benzene rings is 2. The van der Waals surface area contributed by atoms with Crippen LogP contribution in [0, 0.1) is 3.95 Å². The van der Waals surface area contributed by atoms with Gasteiger partial charge in [-0.3, -0.25) is 4.57 Å². The number of nitrogens with zero attached hydrogens (tertiary/aromatic N) is 3. The number of aromatic nitrogens is 4. The predicted molar refractivity (Wildman–Crippen MR) is 110 cm³/mol. The highest BCUT2D eigenvalue weighted by Gasteiger charge is 2.08. The van der Waals surface area contributed by atoms with Crippen molar-refractivity contribution in [3.63, 3.8) is 0 Å². The van der Waals surface area contributed by atoms with E-state index >= 15 is 0 Å². The number of para-hydroxylation sites is 3. The summed E-state index contributed by atoms with van der Waals surface area (Å²) in [6.45, 7) is 0.681. The van der Waals surface area contributed by atoms with Crippen LogP contribution in [0.1, 0.15) is 6.42 Å². The molecule has 132 valence electrons. The molecule has 4 aromatic rings. The molecule has 26 heavy (non-hydrogen) atoms. The maximum absolute atomic E-state index is 12.1. The fraction of sp³-hybridized carbons (Fsp3) is 0.167. The van der Waals surface area contributed by atoms with Gasteiger partial charge in [0.15, 0.2) is 8.29 Å². The summed E-state index contributed by atoms with van der Waals surface area (Å²) in [6.07, 6.45) is 0.879. The molecule has 2 heterocycles. The van der Waals surface area contributed by atoms with Crippen LogP contribution in [0.2, 0.25) is 0 Å². The van der Waals surface area contributed by atoms with Gasteiger partial charge in [-0.05, 0) is 42.9 Å². The van der Waals surface area contributed by atoms with Gasteiger partial charge in [-0.1, -0.05) is 53.4 Å². The van der Waals surface area contributed by atoms with Gasteiger partial charge in [0.25, 0.3) is 0 Å². The zero-order chi connectivity index (χ0) is 17.9. The Kier molecular flexibility index (Phi) is 5.05. The maximum atomic E-state index is 12.1. The Balaban J connectivity index is 1.40. The van der Waals surface area contributed by atoms with Crippen LogP contribution in [0.15, 0.2) is 63.7 Å². The fourth-order valence-electron chi connectivity index (χ4n) is 2.76. The SMILES string of the molecule is O=c1[nH]c2ccccc2n1CCCSc1nn(-c2ccccc2)c(=S)s1. The largest absolute Gasteiger partial charge is 0.326 e. The molecule has 0 aliphatic heterocycles. The average molecular weight is 401 g/mol. The minimum absolute atomic E-state index is 0.0554. The van der Waals surface area contributed by atoms with Gasteiger partial charge in [-0.15, -0.1) is 5.10 Å². The first-order valence-corrected chi connectivity index (χ1v) is 10.4. The molecule has 0 spiro atoms. The summed E-state index contributed by atoms with van der Waals surface area (Å²) in [5.74, 6) is 0.878. The average Bonchev–Trinajstić information content (AvgIpc) is 3.19. The highest BCUT2D eigenvalue weighted by Crippen LogP contribution is 2.24. The lowest BCUT2D eigenvalue weighted by Crippen LogP contribution is -2.17. The first-order chi connectivity index (χ1) is 12.7. The quantitative estimate of drug-likeness (QED) is 0.294. The number of hydrogen-bond acceptors (Lipinski definition) is 5. The van der Waals surface area contributed by atoms with Crippen LogP contribution in [-0.2, 0) is 6.54 Å². The van der Waals surface area contributed by atoms with Gasteiger partial charge < -0.3 is 4.98 Å². The number of H-pyrrole nitrogens is 1. The van der Waals surface area contributed by atoms with E-state index in [0.29, 0.717) is 6.54 Å². The smallest absolute Gasteiger partial charge is 0.306 e. The number of fused-ring (bicyclic) bond motifs is 1. The van der Waals surface area contributed by atoms with Crippen molar-refractivity contribution in [2.24, 2.45) is 0 Å². The molecule has 0 amide bonds. The predicted octanol–water partition coefficient (Wildman–Crippen LogP) is 4.49. The highest BCUT2D eigenvalue weighted by atomic mass is 32.2. The zero-order valence-electron chi connectivity index (χ0n) is 13.8. The molecular weight excluding hydrogens is 384 g/mol. The van der Waals surface area contributed by atoms with Crippen molar-refractivity contribution in [2.75, 3.05) is 5.75 Å². The molecule has 0 bridgehead atoms. The molecule has 0 aliphatic carbocycles. The van der Waals surface area contributed by atoms with E-state index in [1.54, 1.807) is 21.0 Å². The van der Waals surface area contributed by atoms with E-state index < -0.39 is 0 Å². The van der Waals surface area contributed by atoms with Gasteiger partial charge in [0.1, 0.15) is 0 Å². The number of rotatable bonds is 6. The lowest BCUT2D eigenvalue weighted by atomic mass is 10.3. The second kappa shape index (κ2) is 7.61. The molecule has 0 unspecified atom stereocenters. The third kappa shape index (κ3) is 3.53. The van der Waals surface area contributed by atoms with Crippen molar-refractivity contribution < 1.29 is 0 Å². The summed E-state index contributed by atoms with van der Waals surface area (Å²) in [5.41, 5.74) is 2.75. The second-order valence-electron chi connectivity index (χ2n) is 5.68. The topological polar surface area (TPSA) is 55.6 Å². The number of imidazole rings is 1. The lowest BCUT2D eigenvalue weighted by Gasteiger charge is -2.02. The highest BCUT2D eigenvalue weighted by molar-refractivity contribution is 8.01. The maximum Gasteiger partial charge on any atom is 0.326 e. The first-order valence-electron chi connectivity index (χ1n) is 8.18. The normalized spacial score (nSPS) is 11.2. The van der Waals surface area contributed by atoms with Crippen molar-refractivity contribution in [2.45, 2.75) is 17.3 Å². The zero-order valence-corrected chi connectivity index (χ0v) is 16.2. The van der Waals surface area contributed by atoms with E-state index in [1.165, 1.54) is 11.3 Å². The number of aromatic amines is 1. The van der Waals surface area contributed by atoms with Gasteiger partial charge in [0.05, 0.1) is 16.7 Å². The molecule has 0 saturated heterocycles. The number of hydrogen-bond donors (Lipinski definition) is 1.